The number of allylic oxidation sites excluding steroid dienone is 2. The minimum Gasteiger partial charge on any atom is -0.273 e. The highest BCUT2D eigenvalue weighted by atomic mass is 19.1. The molecule has 5 nitrogen and oxygen atoms in total. The highest BCUT2D eigenvalue weighted by Crippen LogP contribution is 2.22. The largest absolute Gasteiger partial charge is 0.335 e. The Labute approximate surface area is 149 Å². The summed E-state index contributed by atoms with van der Waals surface area (Å²) in [5.74, 6) is -2.02. The third kappa shape index (κ3) is 3.59. The third-order valence-corrected chi connectivity index (χ3v) is 3.75. The maximum atomic E-state index is 13.1. The predicted octanol–water partition coefficient (Wildman–Crippen LogP) is 3.44. The van der Waals surface area contributed by atoms with Crippen molar-refractivity contribution in [2.75, 3.05) is 4.90 Å². The van der Waals surface area contributed by atoms with Crippen molar-refractivity contribution < 1.29 is 18.8 Å². The fourth-order valence-corrected chi connectivity index (χ4v) is 2.56. The van der Waals surface area contributed by atoms with Crippen LogP contribution in [0.4, 0.5) is 14.9 Å². The zero-order chi connectivity index (χ0) is 18.7. The summed E-state index contributed by atoms with van der Waals surface area (Å²) < 4.78 is 13.1. The highest BCUT2D eigenvalue weighted by Gasteiger charge is 2.36. The van der Waals surface area contributed by atoms with Crippen LogP contribution in [0.25, 0.3) is 6.08 Å². The number of amides is 4. The van der Waals surface area contributed by atoms with Gasteiger partial charge >= 0.3 is 6.03 Å². The quantitative estimate of drug-likeness (QED) is 0.681. The molecule has 0 saturated carbocycles. The minimum atomic E-state index is -0.867. The van der Waals surface area contributed by atoms with Crippen LogP contribution in [-0.4, -0.2) is 17.8 Å². The van der Waals surface area contributed by atoms with E-state index in [4.69, 9.17) is 0 Å². The Morgan fingerprint density at radius 2 is 1.65 bits per heavy atom. The predicted molar refractivity (Wildman–Crippen MR) is 95.6 cm³/mol. The molecule has 2 aromatic carbocycles. The first-order valence-electron chi connectivity index (χ1n) is 7.86. The molecule has 0 atom stereocenters. The van der Waals surface area contributed by atoms with Gasteiger partial charge in [0.25, 0.3) is 11.8 Å². The number of hydrogen-bond acceptors (Lipinski definition) is 3. The van der Waals surface area contributed by atoms with Crippen LogP contribution in [0.3, 0.4) is 0 Å². The lowest BCUT2D eigenvalue weighted by atomic mass is 10.1. The van der Waals surface area contributed by atoms with E-state index < -0.39 is 23.7 Å². The summed E-state index contributed by atoms with van der Waals surface area (Å²) in [7, 11) is 0. The van der Waals surface area contributed by atoms with Gasteiger partial charge in [0.05, 0.1) is 5.69 Å². The molecule has 26 heavy (non-hydrogen) atoms. The molecule has 1 aliphatic rings. The Morgan fingerprint density at radius 1 is 1.00 bits per heavy atom. The molecule has 0 spiro atoms. The summed E-state index contributed by atoms with van der Waals surface area (Å²) >= 11 is 0. The second kappa shape index (κ2) is 7.14. The number of urea groups is 1. The Kier molecular flexibility index (Phi) is 4.75. The number of barbiturate groups is 1. The van der Waals surface area contributed by atoms with Crippen molar-refractivity contribution in [2.45, 2.75) is 6.92 Å². The van der Waals surface area contributed by atoms with Crippen LogP contribution in [0.15, 0.2) is 71.8 Å². The summed E-state index contributed by atoms with van der Waals surface area (Å²) in [5, 5.41) is 2.13. The Morgan fingerprint density at radius 3 is 2.31 bits per heavy atom. The van der Waals surface area contributed by atoms with Crippen molar-refractivity contribution >= 4 is 29.6 Å². The SMILES string of the molecule is CC(=C\c1ccccc1)/C=C1\C(=O)NC(=O)N(c2ccc(F)cc2)C1=O. The molecular formula is C20H15FN2O3. The first kappa shape index (κ1) is 17.3. The Balaban J connectivity index is 1.94. The van der Waals surface area contributed by atoms with Crippen LogP contribution in [0.1, 0.15) is 12.5 Å². The summed E-state index contributed by atoms with van der Waals surface area (Å²) in [6.07, 6.45) is 3.24. The van der Waals surface area contributed by atoms with Crippen molar-refractivity contribution in [3.05, 3.63) is 83.2 Å². The molecule has 1 aliphatic heterocycles. The minimum absolute atomic E-state index is 0.168. The van der Waals surface area contributed by atoms with Crippen molar-refractivity contribution in [1.82, 2.24) is 5.32 Å². The van der Waals surface area contributed by atoms with E-state index in [1.54, 1.807) is 6.92 Å². The molecule has 130 valence electrons. The number of hydrogen-bond donors (Lipinski definition) is 1. The molecule has 1 fully saturated rings. The van der Waals surface area contributed by atoms with Crippen LogP contribution < -0.4 is 10.2 Å². The molecule has 6 heteroatoms. The number of nitrogens with zero attached hydrogens (tertiary/aromatic N) is 1. The van der Waals surface area contributed by atoms with Crippen LogP contribution >= 0.6 is 0 Å². The monoisotopic (exact) mass is 350 g/mol. The molecule has 0 aliphatic carbocycles. The van der Waals surface area contributed by atoms with Gasteiger partial charge in [0.15, 0.2) is 0 Å². The number of imide groups is 2. The molecule has 4 amide bonds. The van der Waals surface area contributed by atoms with Gasteiger partial charge < -0.3 is 0 Å². The van der Waals surface area contributed by atoms with Crippen LogP contribution in [-0.2, 0) is 9.59 Å². The van der Waals surface area contributed by atoms with Gasteiger partial charge in [-0.3, -0.25) is 14.9 Å². The standard InChI is InChI=1S/C20H15FN2O3/c1-13(11-14-5-3-2-4-6-14)12-17-18(24)22-20(26)23(19(17)25)16-9-7-15(21)8-10-16/h2-12H,1H3,(H,22,24,26)/b13-11+,17-12+. The molecule has 1 N–H and O–H groups in total. The summed E-state index contributed by atoms with van der Waals surface area (Å²) in [6.45, 7) is 1.75. The van der Waals surface area contributed by atoms with Gasteiger partial charge in [0, 0.05) is 0 Å². The lowest BCUT2D eigenvalue weighted by molar-refractivity contribution is -0.122. The van der Waals surface area contributed by atoms with Crippen LogP contribution in [0, 0.1) is 5.82 Å². The first-order valence-corrected chi connectivity index (χ1v) is 7.86. The number of rotatable bonds is 3. The van der Waals surface area contributed by atoms with Gasteiger partial charge in [-0.1, -0.05) is 36.4 Å². The van der Waals surface area contributed by atoms with E-state index in [-0.39, 0.29) is 11.3 Å². The van der Waals surface area contributed by atoms with Gasteiger partial charge in [-0.15, -0.1) is 0 Å². The van der Waals surface area contributed by atoms with Crippen molar-refractivity contribution in [2.24, 2.45) is 0 Å². The molecule has 0 bridgehead atoms. The fraction of sp³-hybridized carbons (Fsp3) is 0.0500. The van der Waals surface area contributed by atoms with E-state index in [0.717, 1.165) is 22.6 Å². The van der Waals surface area contributed by atoms with Gasteiger partial charge in [0.1, 0.15) is 11.4 Å². The van der Waals surface area contributed by atoms with E-state index in [9.17, 15) is 18.8 Å². The fourth-order valence-electron chi connectivity index (χ4n) is 2.56. The smallest absolute Gasteiger partial charge is 0.273 e. The summed E-state index contributed by atoms with van der Waals surface area (Å²) in [6, 6.07) is 13.4. The summed E-state index contributed by atoms with van der Waals surface area (Å²) in [5.41, 5.74) is 1.59. The van der Waals surface area contributed by atoms with Crippen molar-refractivity contribution in [3.63, 3.8) is 0 Å². The van der Waals surface area contributed by atoms with E-state index in [0.29, 0.717) is 5.57 Å². The Hall–Kier alpha value is -3.54. The molecular weight excluding hydrogens is 335 g/mol. The molecule has 0 aromatic heterocycles. The zero-order valence-electron chi connectivity index (χ0n) is 13.9. The van der Waals surface area contributed by atoms with Crippen molar-refractivity contribution in [1.29, 1.82) is 0 Å². The number of halogens is 1. The second-order valence-electron chi connectivity index (χ2n) is 5.73. The number of nitrogens with one attached hydrogen (secondary N) is 1. The van der Waals surface area contributed by atoms with E-state index in [2.05, 4.69) is 5.32 Å². The Bertz CT molecular complexity index is 931. The highest BCUT2D eigenvalue weighted by molar-refractivity contribution is 6.37. The maximum absolute atomic E-state index is 13.1. The average molecular weight is 350 g/mol. The van der Waals surface area contributed by atoms with E-state index >= 15 is 0 Å². The van der Waals surface area contributed by atoms with Gasteiger partial charge in [0.2, 0.25) is 0 Å². The lowest BCUT2D eigenvalue weighted by Crippen LogP contribution is -2.54. The average Bonchev–Trinajstić information content (AvgIpc) is 2.61. The first-order chi connectivity index (χ1) is 12.5. The summed E-state index contributed by atoms with van der Waals surface area (Å²) in [4.78, 5) is 37.6. The number of anilines is 1. The van der Waals surface area contributed by atoms with Crippen molar-refractivity contribution in [3.8, 4) is 0 Å². The van der Waals surface area contributed by atoms with Crippen LogP contribution in [0.5, 0.6) is 0 Å². The lowest BCUT2D eigenvalue weighted by Gasteiger charge is -2.26. The third-order valence-electron chi connectivity index (χ3n) is 3.75. The number of benzene rings is 2. The molecule has 0 radical (unpaired) electrons. The molecule has 2 aromatic rings. The zero-order valence-corrected chi connectivity index (χ0v) is 13.9. The van der Waals surface area contributed by atoms with Gasteiger partial charge in [-0.05, 0) is 48.4 Å². The number of carbonyl (C=O) groups excluding carboxylic acids is 3. The molecule has 0 unspecified atom stereocenters. The van der Waals surface area contributed by atoms with E-state index in [1.165, 1.54) is 18.2 Å². The van der Waals surface area contributed by atoms with Gasteiger partial charge in [-0.2, -0.15) is 0 Å². The maximum Gasteiger partial charge on any atom is 0.335 e. The molecule has 3 rings (SSSR count). The topological polar surface area (TPSA) is 66.5 Å². The second-order valence-corrected chi connectivity index (χ2v) is 5.73. The van der Waals surface area contributed by atoms with Gasteiger partial charge in [-0.25, -0.2) is 14.1 Å². The molecule has 1 saturated heterocycles. The van der Waals surface area contributed by atoms with E-state index in [1.807, 2.05) is 36.4 Å². The normalized spacial score (nSPS) is 16.8. The molecule has 1 heterocycles. The van der Waals surface area contributed by atoms with Crippen LogP contribution in [0.2, 0.25) is 0 Å². The number of carbonyl (C=O) groups is 3.